The van der Waals surface area contributed by atoms with Crippen molar-refractivity contribution in [2.75, 3.05) is 7.11 Å². The van der Waals surface area contributed by atoms with E-state index in [0.717, 1.165) is 16.3 Å². The molecule has 14 heavy (non-hydrogen) atoms. The molecular formula is C12H17ClO. The largest absolute Gasteiger partial charge is 0.496 e. The molecule has 78 valence electrons. The molecule has 0 radical (unpaired) electrons. The molecule has 0 amide bonds. The van der Waals surface area contributed by atoms with Crippen molar-refractivity contribution in [1.82, 2.24) is 0 Å². The number of aryl methyl sites for hydroxylation is 1. The molecule has 1 aromatic rings. The van der Waals surface area contributed by atoms with Gasteiger partial charge in [-0.1, -0.05) is 25.4 Å². The summed E-state index contributed by atoms with van der Waals surface area (Å²) in [6, 6.07) is 2.01. The van der Waals surface area contributed by atoms with E-state index in [1.165, 1.54) is 11.1 Å². The molecule has 0 unspecified atom stereocenters. The van der Waals surface area contributed by atoms with Crippen LogP contribution >= 0.6 is 11.6 Å². The molecule has 0 spiro atoms. The molecule has 1 aromatic carbocycles. The van der Waals surface area contributed by atoms with Crippen molar-refractivity contribution in [3.63, 3.8) is 0 Å². The van der Waals surface area contributed by atoms with E-state index < -0.39 is 0 Å². The minimum atomic E-state index is 0.386. The molecule has 0 aliphatic rings. The van der Waals surface area contributed by atoms with Crippen LogP contribution in [0.3, 0.4) is 0 Å². The predicted octanol–water partition coefficient (Wildman–Crippen LogP) is 4.09. The average molecular weight is 213 g/mol. The molecule has 0 bridgehead atoms. The van der Waals surface area contributed by atoms with Crippen molar-refractivity contribution < 1.29 is 4.74 Å². The zero-order valence-electron chi connectivity index (χ0n) is 9.44. The fraction of sp³-hybridized carbons (Fsp3) is 0.500. The van der Waals surface area contributed by atoms with Crippen LogP contribution in [-0.2, 0) is 0 Å². The maximum atomic E-state index is 6.20. The Morgan fingerprint density at radius 2 is 1.86 bits per heavy atom. The maximum absolute atomic E-state index is 6.20. The molecule has 0 aromatic heterocycles. The summed E-state index contributed by atoms with van der Waals surface area (Å²) in [6.07, 6.45) is 0. The van der Waals surface area contributed by atoms with Crippen molar-refractivity contribution in [3.8, 4) is 5.75 Å². The third-order valence-electron chi connectivity index (χ3n) is 2.56. The quantitative estimate of drug-likeness (QED) is 0.718. The third kappa shape index (κ3) is 1.88. The zero-order valence-corrected chi connectivity index (χ0v) is 10.2. The van der Waals surface area contributed by atoms with Gasteiger partial charge in [0.05, 0.1) is 7.11 Å². The first-order valence-electron chi connectivity index (χ1n) is 4.82. The molecular weight excluding hydrogens is 196 g/mol. The fourth-order valence-corrected chi connectivity index (χ4v) is 2.13. The summed E-state index contributed by atoms with van der Waals surface area (Å²) in [7, 11) is 1.70. The molecule has 1 rings (SSSR count). The highest BCUT2D eigenvalue weighted by Crippen LogP contribution is 2.37. The van der Waals surface area contributed by atoms with Crippen molar-refractivity contribution in [3.05, 3.63) is 27.8 Å². The van der Waals surface area contributed by atoms with Crippen LogP contribution in [0.15, 0.2) is 6.07 Å². The number of ether oxygens (including phenoxy) is 1. The monoisotopic (exact) mass is 212 g/mol. The highest BCUT2D eigenvalue weighted by Gasteiger charge is 2.15. The summed E-state index contributed by atoms with van der Waals surface area (Å²) in [6.45, 7) is 8.36. The van der Waals surface area contributed by atoms with Gasteiger partial charge in [-0.2, -0.15) is 0 Å². The van der Waals surface area contributed by atoms with E-state index in [4.69, 9.17) is 16.3 Å². The van der Waals surface area contributed by atoms with Gasteiger partial charge in [-0.25, -0.2) is 0 Å². The molecule has 0 fully saturated rings. The first-order valence-corrected chi connectivity index (χ1v) is 5.20. The van der Waals surface area contributed by atoms with Crippen LogP contribution in [0.4, 0.5) is 0 Å². The second-order valence-electron chi connectivity index (χ2n) is 3.90. The SMILES string of the molecule is COc1c(C)c(C)cc(Cl)c1C(C)C. The Kier molecular flexibility index (Phi) is 3.43. The minimum absolute atomic E-state index is 0.386. The first-order chi connectivity index (χ1) is 6.49. The lowest BCUT2D eigenvalue weighted by atomic mass is 9.96. The average Bonchev–Trinajstić information content (AvgIpc) is 2.09. The van der Waals surface area contributed by atoms with Gasteiger partial charge >= 0.3 is 0 Å². The van der Waals surface area contributed by atoms with Gasteiger partial charge in [-0.15, -0.1) is 0 Å². The van der Waals surface area contributed by atoms with Gasteiger partial charge in [0.15, 0.2) is 0 Å². The van der Waals surface area contributed by atoms with Gasteiger partial charge in [0.1, 0.15) is 5.75 Å². The molecule has 1 nitrogen and oxygen atoms in total. The van der Waals surface area contributed by atoms with Gasteiger partial charge in [0.25, 0.3) is 0 Å². The number of methoxy groups -OCH3 is 1. The van der Waals surface area contributed by atoms with E-state index in [-0.39, 0.29) is 0 Å². The minimum Gasteiger partial charge on any atom is -0.496 e. The van der Waals surface area contributed by atoms with Crippen LogP contribution in [0.5, 0.6) is 5.75 Å². The highest BCUT2D eigenvalue weighted by molar-refractivity contribution is 6.31. The van der Waals surface area contributed by atoms with Gasteiger partial charge in [-0.3, -0.25) is 0 Å². The van der Waals surface area contributed by atoms with Crippen LogP contribution in [-0.4, -0.2) is 7.11 Å². The van der Waals surface area contributed by atoms with Gasteiger partial charge < -0.3 is 4.74 Å². The predicted molar refractivity (Wildman–Crippen MR) is 61.6 cm³/mol. The van der Waals surface area contributed by atoms with E-state index in [1.54, 1.807) is 7.11 Å². The first kappa shape index (κ1) is 11.4. The van der Waals surface area contributed by atoms with Crippen LogP contribution in [0.25, 0.3) is 0 Å². The lowest BCUT2D eigenvalue weighted by Gasteiger charge is -2.17. The summed E-state index contributed by atoms with van der Waals surface area (Å²) in [5, 5.41) is 0.806. The molecule has 0 atom stereocenters. The summed E-state index contributed by atoms with van der Waals surface area (Å²) < 4.78 is 5.41. The van der Waals surface area contributed by atoms with E-state index in [9.17, 15) is 0 Å². The topological polar surface area (TPSA) is 9.23 Å². The van der Waals surface area contributed by atoms with Gasteiger partial charge in [-0.05, 0) is 37.0 Å². The van der Waals surface area contributed by atoms with E-state index >= 15 is 0 Å². The summed E-state index contributed by atoms with van der Waals surface area (Å²) in [5.74, 6) is 1.32. The number of hydrogen-bond donors (Lipinski definition) is 0. The number of benzene rings is 1. The lowest BCUT2D eigenvalue weighted by molar-refractivity contribution is 0.404. The highest BCUT2D eigenvalue weighted by atomic mass is 35.5. The molecule has 0 saturated heterocycles. The van der Waals surface area contributed by atoms with Crippen LogP contribution < -0.4 is 4.74 Å². The van der Waals surface area contributed by atoms with E-state index in [2.05, 4.69) is 20.8 Å². The Morgan fingerprint density at radius 3 is 2.29 bits per heavy atom. The Labute approximate surface area is 91.0 Å². The Hall–Kier alpha value is -0.690. The Morgan fingerprint density at radius 1 is 1.29 bits per heavy atom. The van der Waals surface area contributed by atoms with Crippen molar-refractivity contribution >= 4 is 11.6 Å². The van der Waals surface area contributed by atoms with Crippen LogP contribution in [0.1, 0.15) is 36.5 Å². The van der Waals surface area contributed by atoms with Gasteiger partial charge in [0, 0.05) is 10.6 Å². The molecule has 0 aliphatic heterocycles. The number of halogens is 1. The number of rotatable bonds is 2. The van der Waals surface area contributed by atoms with Crippen molar-refractivity contribution in [2.45, 2.75) is 33.6 Å². The molecule has 2 heteroatoms. The third-order valence-corrected chi connectivity index (χ3v) is 2.87. The van der Waals surface area contributed by atoms with E-state index in [0.29, 0.717) is 5.92 Å². The molecule has 0 saturated carbocycles. The fourth-order valence-electron chi connectivity index (χ4n) is 1.67. The number of hydrogen-bond acceptors (Lipinski definition) is 1. The Bertz CT molecular complexity index is 343. The zero-order chi connectivity index (χ0) is 10.9. The van der Waals surface area contributed by atoms with Crippen LogP contribution in [0, 0.1) is 13.8 Å². The molecule has 0 N–H and O–H groups in total. The van der Waals surface area contributed by atoms with Crippen molar-refractivity contribution in [2.24, 2.45) is 0 Å². The van der Waals surface area contributed by atoms with E-state index in [1.807, 2.05) is 13.0 Å². The second-order valence-corrected chi connectivity index (χ2v) is 4.31. The normalized spacial score (nSPS) is 10.8. The molecule has 0 aliphatic carbocycles. The smallest absolute Gasteiger partial charge is 0.126 e. The van der Waals surface area contributed by atoms with Crippen molar-refractivity contribution in [1.29, 1.82) is 0 Å². The maximum Gasteiger partial charge on any atom is 0.126 e. The summed E-state index contributed by atoms with van der Waals surface area (Å²) in [5.41, 5.74) is 3.47. The lowest BCUT2D eigenvalue weighted by Crippen LogP contribution is -1.99. The molecule has 0 heterocycles. The summed E-state index contributed by atoms with van der Waals surface area (Å²) in [4.78, 5) is 0. The van der Waals surface area contributed by atoms with Gasteiger partial charge in [0.2, 0.25) is 0 Å². The van der Waals surface area contributed by atoms with Crippen LogP contribution in [0.2, 0.25) is 5.02 Å². The second kappa shape index (κ2) is 4.22. The summed E-state index contributed by atoms with van der Waals surface area (Å²) >= 11 is 6.20. The standard InChI is InChI=1S/C12H17ClO/c1-7(2)11-10(13)6-8(3)9(4)12(11)14-5/h6-7H,1-5H3. The Balaban J connectivity index is 3.47.